The van der Waals surface area contributed by atoms with Gasteiger partial charge in [0.15, 0.2) is 5.13 Å². The third-order valence-corrected chi connectivity index (χ3v) is 4.79. The van der Waals surface area contributed by atoms with Crippen molar-refractivity contribution in [3.05, 3.63) is 64.9 Å². The van der Waals surface area contributed by atoms with Gasteiger partial charge < -0.3 is 5.32 Å². The van der Waals surface area contributed by atoms with Crippen LogP contribution in [0.3, 0.4) is 0 Å². The van der Waals surface area contributed by atoms with Crippen LogP contribution in [0, 0.1) is 0 Å². The first-order valence-corrected chi connectivity index (χ1v) is 9.22. The molecule has 0 aliphatic carbocycles. The number of halogens is 1. The van der Waals surface area contributed by atoms with Crippen LogP contribution in [0.2, 0.25) is 5.15 Å². The molecule has 0 aliphatic rings. The average Bonchev–Trinajstić information content (AvgIpc) is 3.09. The second kappa shape index (κ2) is 6.78. The number of fused-ring (bicyclic) bond motifs is 1. The molecule has 25 heavy (non-hydrogen) atoms. The van der Waals surface area contributed by atoms with Crippen molar-refractivity contribution >= 4 is 44.7 Å². The predicted molar refractivity (Wildman–Crippen MR) is 105 cm³/mol. The van der Waals surface area contributed by atoms with Gasteiger partial charge in [0.1, 0.15) is 16.8 Å². The molecular formula is C19H15ClN4S. The molecule has 0 amide bonds. The second-order valence-electron chi connectivity index (χ2n) is 5.57. The Morgan fingerprint density at radius 2 is 1.84 bits per heavy atom. The minimum atomic E-state index is 0.431. The summed E-state index contributed by atoms with van der Waals surface area (Å²) in [6, 6.07) is 16.4. The highest BCUT2D eigenvalue weighted by Gasteiger charge is 2.08. The number of aryl methyl sites for hydroxylation is 1. The van der Waals surface area contributed by atoms with E-state index in [9.17, 15) is 0 Å². The lowest BCUT2D eigenvalue weighted by Gasteiger charge is -2.04. The molecule has 0 unspecified atom stereocenters. The molecule has 4 rings (SSSR count). The van der Waals surface area contributed by atoms with Gasteiger partial charge in [0.25, 0.3) is 0 Å². The monoisotopic (exact) mass is 366 g/mol. The van der Waals surface area contributed by atoms with Crippen LogP contribution in [0.4, 0.5) is 10.9 Å². The van der Waals surface area contributed by atoms with Crippen LogP contribution >= 0.6 is 22.9 Å². The standard InChI is InChI=1S/C19H15ClN4S/c1-2-17-22-16(20)10-18(23-17)24-19-21-15(11-25-19)14-8-7-12-5-3-4-6-13(12)9-14/h3-11H,2H2,1H3,(H,21,22,23,24). The maximum Gasteiger partial charge on any atom is 0.188 e. The molecule has 0 spiro atoms. The smallest absolute Gasteiger partial charge is 0.188 e. The van der Waals surface area contributed by atoms with E-state index in [0.29, 0.717) is 16.8 Å². The first-order chi connectivity index (χ1) is 12.2. The van der Waals surface area contributed by atoms with Gasteiger partial charge in [-0.3, -0.25) is 0 Å². The highest BCUT2D eigenvalue weighted by atomic mass is 35.5. The number of rotatable bonds is 4. The Hall–Kier alpha value is -2.50. The van der Waals surface area contributed by atoms with Crippen LogP contribution in [-0.4, -0.2) is 15.0 Å². The summed E-state index contributed by atoms with van der Waals surface area (Å²) >= 11 is 7.58. The van der Waals surface area contributed by atoms with Gasteiger partial charge >= 0.3 is 0 Å². The van der Waals surface area contributed by atoms with Gasteiger partial charge in [-0.2, -0.15) is 0 Å². The first kappa shape index (κ1) is 16.0. The molecule has 0 radical (unpaired) electrons. The van der Waals surface area contributed by atoms with Gasteiger partial charge in [-0.05, 0) is 16.8 Å². The van der Waals surface area contributed by atoms with Crippen molar-refractivity contribution in [2.24, 2.45) is 0 Å². The minimum absolute atomic E-state index is 0.431. The molecule has 0 saturated heterocycles. The molecular weight excluding hydrogens is 352 g/mol. The lowest BCUT2D eigenvalue weighted by atomic mass is 10.1. The van der Waals surface area contributed by atoms with E-state index in [1.165, 1.54) is 22.1 Å². The number of hydrogen-bond donors (Lipinski definition) is 1. The number of nitrogens with one attached hydrogen (secondary N) is 1. The fourth-order valence-electron chi connectivity index (χ4n) is 2.61. The maximum absolute atomic E-state index is 6.04. The number of benzene rings is 2. The zero-order valence-corrected chi connectivity index (χ0v) is 15.1. The molecule has 4 aromatic rings. The molecule has 0 fully saturated rings. The number of anilines is 2. The van der Waals surface area contributed by atoms with Gasteiger partial charge in [-0.25, -0.2) is 15.0 Å². The van der Waals surface area contributed by atoms with Crippen molar-refractivity contribution in [2.45, 2.75) is 13.3 Å². The van der Waals surface area contributed by atoms with Crippen LogP contribution in [0.5, 0.6) is 0 Å². The summed E-state index contributed by atoms with van der Waals surface area (Å²) < 4.78 is 0. The number of nitrogens with zero attached hydrogens (tertiary/aromatic N) is 3. The molecule has 124 valence electrons. The highest BCUT2D eigenvalue weighted by Crippen LogP contribution is 2.29. The van der Waals surface area contributed by atoms with E-state index in [0.717, 1.165) is 22.8 Å². The second-order valence-corrected chi connectivity index (χ2v) is 6.82. The molecule has 2 aromatic carbocycles. The number of thiazole rings is 1. The normalized spacial score (nSPS) is 11.0. The Morgan fingerprint density at radius 1 is 1.00 bits per heavy atom. The summed E-state index contributed by atoms with van der Waals surface area (Å²) in [5.74, 6) is 1.37. The van der Waals surface area contributed by atoms with E-state index in [2.05, 4.69) is 50.6 Å². The molecule has 6 heteroatoms. The predicted octanol–water partition coefficient (Wildman–Crippen LogP) is 5.71. The Bertz CT molecular complexity index is 1040. The van der Waals surface area contributed by atoms with Crippen LogP contribution in [0.25, 0.3) is 22.0 Å². The van der Waals surface area contributed by atoms with Gasteiger partial charge in [0, 0.05) is 23.4 Å². The summed E-state index contributed by atoms with van der Waals surface area (Å²) in [7, 11) is 0. The Balaban J connectivity index is 1.62. The molecule has 1 N–H and O–H groups in total. The fraction of sp³-hybridized carbons (Fsp3) is 0.105. The summed E-state index contributed by atoms with van der Waals surface area (Å²) in [4.78, 5) is 13.3. The minimum Gasteiger partial charge on any atom is -0.316 e. The van der Waals surface area contributed by atoms with Crippen molar-refractivity contribution in [2.75, 3.05) is 5.32 Å². The number of hydrogen-bond acceptors (Lipinski definition) is 5. The van der Waals surface area contributed by atoms with Crippen LogP contribution in [0.1, 0.15) is 12.7 Å². The van der Waals surface area contributed by atoms with Crippen LogP contribution in [0.15, 0.2) is 53.9 Å². The summed E-state index contributed by atoms with van der Waals surface area (Å²) in [5, 5.41) is 8.90. The first-order valence-electron chi connectivity index (χ1n) is 7.96. The third-order valence-electron chi connectivity index (χ3n) is 3.84. The zero-order valence-electron chi connectivity index (χ0n) is 13.5. The molecule has 2 heterocycles. The van der Waals surface area contributed by atoms with Crippen molar-refractivity contribution < 1.29 is 0 Å². The van der Waals surface area contributed by atoms with Crippen molar-refractivity contribution in [1.82, 2.24) is 15.0 Å². The van der Waals surface area contributed by atoms with Gasteiger partial charge in [-0.1, -0.05) is 54.9 Å². The molecule has 0 bridgehead atoms. The van der Waals surface area contributed by atoms with Crippen molar-refractivity contribution in [3.63, 3.8) is 0 Å². The summed E-state index contributed by atoms with van der Waals surface area (Å²) in [6.07, 6.45) is 0.732. The topological polar surface area (TPSA) is 50.7 Å². The van der Waals surface area contributed by atoms with Gasteiger partial charge in [0.05, 0.1) is 5.69 Å². The van der Waals surface area contributed by atoms with Crippen molar-refractivity contribution in [1.29, 1.82) is 0 Å². The zero-order chi connectivity index (χ0) is 17.2. The fourth-order valence-corrected chi connectivity index (χ4v) is 3.54. The lowest BCUT2D eigenvalue weighted by molar-refractivity contribution is 0.943. The van der Waals surface area contributed by atoms with Crippen molar-refractivity contribution in [3.8, 4) is 11.3 Å². The van der Waals surface area contributed by atoms with Gasteiger partial charge in [-0.15, -0.1) is 11.3 Å². The maximum atomic E-state index is 6.04. The highest BCUT2D eigenvalue weighted by molar-refractivity contribution is 7.14. The molecule has 2 aromatic heterocycles. The molecule has 0 aliphatic heterocycles. The Morgan fingerprint density at radius 3 is 2.68 bits per heavy atom. The Labute approximate surface area is 154 Å². The molecule has 4 nitrogen and oxygen atoms in total. The van der Waals surface area contributed by atoms with Gasteiger partial charge in [0.2, 0.25) is 0 Å². The van der Waals surface area contributed by atoms with E-state index in [-0.39, 0.29) is 0 Å². The lowest BCUT2D eigenvalue weighted by Crippen LogP contribution is -1.99. The van der Waals surface area contributed by atoms with E-state index in [1.54, 1.807) is 6.07 Å². The largest absolute Gasteiger partial charge is 0.316 e. The van der Waals surface area contributed by atoms with E-state index >= 15 is 0 Å². The quantitative estimate of drug-likeness (QED) is 0.470. The summed E-state index contributed by atoms with van der Waals surface area (Å²) in [6.45, 7) is 2.00. The average molecular weight is 367 g/mol. The van der Waals surface area contributed by atoms with E-state index < -0.39 is 0 Å². The molecule has 0 saturated carbocycles. The summed E-state index contributed by atoms with van der Waals surface area (Å²) in [5.41, 5.74) is 2.03. The van der Waals surface area contributed by atoms with Crippen LogP contribution in [-0.2, 0) is 6.42 Å². The Kier molecular flexibility index (Phi) is 4.34. The van der Waals surface area contributed by atoms with E-state index in [1.807, 2.05) is 24.4 Å². The molecule has 0 atom stereocenters. The van der Waals surface area contributed by atoms with E-state index in [4.69, 9.17) is 11.6 Å². The number of aromatic nitrogens is 3. The van der Waals surface area contributed by atoms with Crippen LogP contribution < -0.4 is 5.32 Å². The third kappa shape index (κ3) is 3.48. The SMILES string of the molecule is CCc1nc(Cl)cc(Nc2nc(-c3ccc4ccccc4c3)cs2)n1.